The molecule has 0 aliphatic carbocycles. The highest BCUT2D eigenvalue weighted by Gasteiger charge is 2.20. The average molecular weight is 490 g/mol. The Bertz CT molecular complexity index is 1290. The number of ketones is 1. The van der Waals surface area contributed by atoms with E-state index in [0.29, 0.717) is 10.9 Å². The fraction of sp³-hybridized carbons (Fsp3) is 0.308. The van der Waals surface area contributed by atoms with Crippen LogP contribution < -0.4 is 4.90 Å². The lowest BCUT2D eigenvalue weighted by atomic mass is 10.1. The van der Waals surface area contributed by atoms with Crippen molar-refractivity contribution < 1.29 is 4.79 Å². The number of aryl methyl sites for hydroxylation is 2. The summed E-state index contributed by atoms with van der Waals surface area (Å²) >= 11 is 2.97. The molecule has 1 fully saturated rings. The van der Waals surface area contributed by atoms with E-state index in [2.05, 4.69) is 52.1 Å². The van der Waals surface area contributed by atoms with Gasteiger partial charge >= 0.3 is 0 Å². The summed E-state index contributed by atoms with van der Waals surface area (Å²) in [6, 6.07) is 16.4. The Morgan fingerprint density at radius 2 is 1.79 bits per heavy atom. The van der Waals surface area contributed by atoms with Gasteiger partial charge in [0.15, 0.2) is 21.9 Å². The van der Waals surface area contributed by atoms with Crippen molar-refractivity contribution in [3.05, 3.63) is 70.7 Å². The first kappa shape index (κ1) is 22.8. The maximum atomic E-state index is 13.0. The van der Waals surface area contributed by atoms with E-state index in [4.69, 9.17) is 0 Å². The Morgan fingerprint density at radius 3 is 2.56 bits per heavy atom. The van der Waals surface area contributed by atoms with Crippen LogP contribution in [-0.2, 0) is 0 Å². The van der Waals surface area contributed by atoms with E-state index >= 15 is 0 Å². The number of anilines is 1. The third-order valence-corrected chi connectivity index (χ3v) is 7.98. The van der Waals surface area contributed by atoms with Crippen LogP contribution in [0.25, 0.3) is 17.1 Å². The first-order valence-electron chi connectivity index (χ1n) is 11.5. The van der Waals surface area contributed by atoms with Gasteiger partial charge in [-0.3, -0.25) is 9.36 Å². The van der Waals surface area contributed by atoms with E-state index in [-0.39, 0.29) is 11.5 Å². The molecule has 5 rings (SSSR count). The average Bonchev–Trinajstić information content (AvgIpc) is 3.53. The van der Waals surface area contributed by atoms with E-state index in [9.17, 15) is 4.79 Å². The molecule has 0 radical (unpaired) electrons. The second-order valence-corrected chi connectivity index (χ2v) is 10.3. The summed E-state index contributed by atoms with van der Waals surface area (Å²) in [6.07, 6.45) is 3.66. The van der Waals surface area contributed by atoms with E-state index < -0.39 is 0 Å². The number of thioether (sulfide) groups is 1. The monoisotopic (exact) mass is 489 g/mol. The van der Waals surface area contributed by atoms with Crippen molar-refractivity contribution in [2.75, 3.05) is 23.7 Å². The molecule has 4 aromatic rings. The lowest BCUT2D eigenvalue weighted by Crippen LogP contribution is -2.29. The van der Waals surface area contributed by atoms with Gasteiger partial charge < -0.3 is 4.90 Å². The van der Waals surface area contributed by atoms with Gasteiger partial charge in [0.25, 0.3) is 0 Å². The zero-order chi connectivity index (χ0) is 23.5. The third kappa shape index (κ3) is 4.79. The molecule has 0 unspecified atom stereocenters. The Hall–Kier alpha value is -2.97. The van der Waals surface area contributed by atoms with Crippen LogP contribution in [-0.4, -0.2) is 44.4 Å². The van der Waals surface area contributed by atoms with E-state index in [1.54, 1.807) is 11.3 Å². The van der Waals surface area contributed by atoms with Gasteiger partial charge in [-0.25, -0.2) is 4.98 Å². The van der Waals surface area contributed by atoms with Gasteiger partial charge in [-0.15, -0.1) is 21.5 Å². The zero-order valence-corrected chi connectivity index (χ0v) is 21.0. The molecular formula is C26H27N5OS2. The lowest BCUT2D eigenvalue weighted by Gasteiger charge is -2.25. The van der Waals surface area contributed by atoms with E-state index in [1.165, 1.54) is 42.2 Å². The van der Waals surface area contributed by atoms with Crippen molar-refractivity contribution in [2.24, 2.45) is 0 Å². The number of rotatable bonds is 7. The third-order valence-electron chi connectivity index (χ3n) is 6.15. The van der Waals surface area contributed by atoms with Crippen LogP contribution >= 0.6 is 23.1 Å². The Morgan fingerprint density at radius 1 is 1.00 bits per heavy atom. The van der Waals surface area contributed by atoms with E-state index in [1.807, 2.05) is 40.3 Å². The van der Waals surface area contributed by atoms with E-state index in [0.717, 1.165) is 35.3 Å². The van der Waals surface area contributed by atoms with Crippen molar-refractivity contribution in [1.29, 1.82) is 0 Å². The van der Waals surface area contributed by atoms with Crippen LogP contribution in [0.5, 0.6) is 0 Å². The summed E-state index contributed by atoms with van der Waals surface area (Å²) in [4.78, 5) is 19.9. The highest BCUT2D eigenvalue weighted by atomic mass is 32.2. The minimum absolute atomic E-state index is 0.0143. The number of nitrogens with zero attached hydrogens (tertiary/aromatic N) is 5. The number of carbonyl (C=O) groups is 1. The van der Waals surface area contributed by atoms with Crippen molar-refractivity contribution in [3.63, 3.8) is 0 Å². The minimum atomic E-state index is 0.0143. The number of benzene rings is 2. The fourth-order valence-electron chi connectivity index (χ4n) is 4.06. The lowest BCUT2D eigenvalue weighted by molar-refractivity contribution is 0.101. The molecule has 0 bridgehead atoms. The molecule has 174 valence electrons. The molecule has 2 aromatic heterocycles. The SMILES string of the molecule is Cc1ccc(-n2c(SCC(=O)c3csc(N4CCCCC4)n3)nnc2-c2ccccc2)cc1C. The number of hydrogen-bond acceptors (Lipinski definition) is 7. The molecule has 0 spiro atoms. The molecule has 0 amide bonds. The maximum absolute atomic E-state index is 13.0. The standard InChI is InChI=1S/C26H27N5OS2/c1-18-11-12-21(15-19(18)2)31-24(20-9-5-3-6-10-20)28-29-26(31)34-17-23(32)22-16-33-25(27-22)30-13-7-4-8-14-30/h3,5-6,9-12,15-16H,4,7-8,13-14,17H2,1-2H3. The summed E-state index contributed by atoms with van der Waals surface area (Å²) in [6.45, 7) is 6.25. The molecule has 1 aliphatic heterocycles. The molecule has 34 heavy (non-hydrogen) atoms. The summed E-state index contributed by atoms with van der Waals surface area (Å²) in [5, 5.41) is 12.5. The summed E-state index contributed by atoms with van der Waals surface area (Å²) < 4.78 is 2.04. The number of carbonyl (C=O) groups excluding carboxylic acids is 1. The van der Waals surface area contributed by atoms with Gasteiger partial charge in [0.2, 0.25) is 0 Å². The molecule has 2 aromatic carbocycles. The van der Waals surface area contributed by atoms with Gasteiger partial charge in [0.1, 0.15) is 5.69 Å². The number of hydrogen-bond donors (Lipinski definition) is 0. The Balaban J connectivity index is 1.39. The summed E-state index contributed by atoms with van der Waals surface area (Å²) in [5.74, 6) is 1.04. The Labute approximate surface area is 208 Å². The predicted octanol–water partition coefficient (Wildman–Crippen LogP) is 5.97. The van der Waals surface area contributed by atoms with Crippen LogP contribution in [0.2, 0.25) is 0 Å². The number of thiazole rings is 1. The molecular weight excluding hydrogens is 462 g/mol. The van der Waals surface area contributed by atoms with Crippen molar-refractivity contribution >= 4 is 34.0 Å². The number of piperidine rings is 1. The Kier molecular flexibility index (Phi) is 6.78. The summed E-state index contributed by atoms with van der Waals surface area (Å²) in [7, 11) is 0. The molecule has 8 heteroatoms. The maximum Gasteiger partial charge on any atom is 0.196 e. The molecule has 0 saturated carbocycles. The van der Waals surface area contributed by atoms with Gasteiger partial charge in [-0.2, -0.15) is 0 Å². The first-order valence-corrected chi connectivity index (χ1v) is 13.4. The van der Waals surface area contributed by atoms with Gasteiger partial charge in [0, 0.05) is 24.0 Å². The van der Waals surface area contributed by atoms with Gasteiger partial charge in [-0.1, -0.05) is 48.2 Å². The molecule has 1 aliphatic rings. The zero-order valence-electron chi connectivity index (χ0n) is 19.4. The quantitative estimate of drug-likeness (QED) is 0.235. The van der Waals surface area contributed by atoms with Crippen LogP contribution in [0.4, 0.5) is 5.13 Å². The molecule has 0 N–H and O–H groups in total. The number of Topliss-reactive ketones (excluding diaryl/α,β-unsaturated/α-hetero) is 1. The predicted molar refractivity (Wildman–Crippen MR) is 140 cm³/mol. The smallest absolute Gasteiger partial charge is 0.196 e. The second kappa shape index (κ2) is 10.1. The van der Waals surface area contributed by atoms with Crippen LogP contribution in [0, 0.1) is 13.8 Å². The molecule has 0 atom stereocenters. The van der Waals surface area contributed by atoms with Crippen molar-refractivity contribution in [2.45, 2.75) is 38.3 Å². The van der Waals surface area contributed by atoms with Crippen LogP contribution in [0.3, 0.4) is 0 Å². The fourth-order valence-corrected chi connectivity index (χ4v) is 5.77. The molecule has 3 heterocycles. The van der Waals surface area contributed by atoms with Gasteiger partial charge in [-0.05, 0) is 56.4 Å². The van der Waals surface area contributed by atoms with Crippen LogP contribution in [0.15, 0.2) is 59.1 Å². The first-order chi connectivity index (χ1) is 16.6. The normalized spacial score (nSPS) is 13.9. The van der Waals surface area contributed by atoms with Gasteiger partial charge in [0.05, 0.1) is 11.4 Å². The van der Waals surface area contributed by atoms with Crippen molar-refractivity contribution in [3.8, 4) is 17.1 Å². The molecule has 6 nitrogen and oxygen atoms in total. The minimum Gasteiger partial charge on any atom is -0.348 e. The highest BCUT2D eigenvalue weighted by Crippen LogP contribution is 2.30. The van der Waals surface area contributed by atoms with Crippen LogP contribution in [0.1, 0.15) is 40.9 Å². The largest absolute Gasteiger partial charge is 0.348 e. The second-order valence-electron chi connectivity index (χ2n) is 8.55. The summed E-state index contributed by atoms with van der Waals surface area (Å²) in [5.41, 5.74) is 4.94. The number of aromatic nitrogens is 4. The molecule has 1 saturated heterocycles. The van der Waals surface area contributed by atoms with Crippen molar-refractivity contribution in [1.82, 2.24) is 19.7 Å². The topological polar surface area (TPSA) is 63.9 Å². The highest BCUT2D eigenvalue weighted by molar-refractivity contribution is 7.99.